The molecule has 2 aromatic carbocycles. The van der Waals surface area contributed by atoms with E-state index in [0.717, 1.165) is 26.2 Å². The number of anilines is 1. The zero-order valence-electron chi connectivity index (χ0n) is 16.5. The second-order valence-electron chi connectivity index (χ2n) is 7.38. The van der Waals surface area contributed by atoms with Gasteiger partial charge >= 0.3 is 0 Å². The van der Waals surface area contributed by atoms with Gasteiger partial charge in [0.15, 0.2) is 0 Å². The monoisotopic (exact) mass is 444 g/mol. The molecule has 156 valence electrons. The summed E-state index contributed by atoms with van der Waals surface area (Å²) in [4.78, 5) is 17.5. The van der Waals surface area contributed by atoms with Gasteiger partial charge in [-0.2, -0.15) is 17.0 Å². The molecule has 0 radical (unpaired) electrons. The molecule has 0 spiro atoms. The van der Waals surface area contributed by atoms with E-state index in [1.807, 2.05) is 24.3 Å². The van der Waals surface area contributed by atoms with Gasteiger partial charge in [-0.3, -0.25) is 9.78 Å². The van der Waals surface area contributed by atoms with Gasteiger partial charge in [-0.05, 0) is 23.3 Å². The minimum atomic E-state index is -3.69. The van der Waals surface area contributed by atoms with Crippen LogP contribution in [0.5, 0.6) is 0 Å². The smallest absolute Gasteiger partial charge is 0.281 e. The lowest BCUT2D eigenvalue weighted by atomic mass is 9.90. The molecule has 0 fully saturated rings. The fourth-order valence-corrected chi connectivity index (χ4v) is 4.94. The Morgan fingerprint density at radius 1 is 1.20 bits per heavy atom. The van der Waals surface area contributed by atoms with Crippen molar-refractivity contribution in [2.75, 3.05) is 26.0 Å². The summed E-state index contributed by atoms with van der Waals surface area (Å²) in [5.41, 5.74) is 2.07. The molecule has 3 aromatic rings. The van der Waals surface area contributed by atoms with E-state index in [1.54, 1.807) is 30.6 Å². The third-order valence-corrected chi connectivity index (χ3v) is 7.34. The van der Waals surface area contributed by atoms with E-state index >= 15 is 0 Å². The maximum Gasteiger partial charge on any atom is 0.281 e. The number of carbonyl (C=O) groups excluding carboxylic acids is 1. The number of halogens is 1. The first kappa shape index (κ1) is 20.7. The van der Waals surface area contributed by atoms with E-state index < -0.39 is 16.1 Å². The van der Waals surface area contributed by atoms with E-state index in [2.05, 4.69) is 10.3 Å². The summed E-state index contributed by atoms with van der Waals surface area (Å²) < 4.78 is 28.0. The van der Waals surface area contributed by atoms with Crippen LogP contribution in [0.3, 0.4) is 0 Å². The van der Waals surface area contributed by atoms with Crippen LogP contribution in [0.25, 0.3) is 10.8 Å². The van der Waals surface area contributed by atoms with Crippen LogP contribution in [-0.2, 0) is 21.5 Å². The fraction of sp³-hybridized carbons (Fsp3) is 0.238. The van der Waals surface area contributed by atoms with Crippen LogP contribution in [0.15, 0.2) is 54.9 Å². The Morgan fingerprint density at radius 3 is 2.73 bits per heavy atom. The van der Waals surface area contributed by atoms with Gasteiger partial charge in [0, 0.05) is 49.2 Å². The average Bonchev–Trinajstić information content (AvgIpc) is 2.73. The Morgan fingerprint density at radius 2 is 1.97 bits per heavy atom. The summed E-state index contributed by atoms with van der Waals surface area (Å²) in [5.74, 6) is -1.02. The average molecular weight is 445 g/mol. The van der Waals surface area contributed by atoms with E-state index in [0.29, 0.717) is 10.7 Å². The minimum absolute atomic E-state index is 0.0257. The van der Waals surface area contributed by atoms with Gasteiger partial charge < -0.3 is 5.32 Å². The molecule has 2 heterocycles. The molecule has 9 heteroatoms. The molecular formula is C21H21ClN4O3S. The summed E-state index contributed by atoms with van der Waals surface area (Å²) in [6, 6.07) is 12.8. The van der Waals surface area contributed by atoms with Crippen molar-refractivity contribution < 1.29 is 13.2 Å². The number of fused-ring (bicyclic) bond motifs is 2. The number of pyridine rings is 1. The Hall–Kier alpha value is -2.52. The Bertz CT molecular complexity index is 1220. The van der Waals surface area contributed by atoms with Gasteiger partial charge in [0.05, 0.1) is 17.8 Å². The van der Waals surface area contributed by atoms with Gasteiger partial charge in [-0.1, -0.05) is 41.9 Å². The van der Waals surface area contributed by atoms with Crippen molar-refractivity contribution in [3.05, 3.63) is 71.0 Å². The molecule has 0 bridgehead atoms. The topological polar surface area (TPSA) is 82.6 Å². The van der Waals surface area contributed by atoms with Crippen molar-refractivity contribution in [3.63, 3.8) is 0 Å². The number of rotatable bonds is 4. The molecular weight excluding hydrogens is 424 g/mol. The van der Waals surface area contributed by atoms with E-state index in [9.17, 15) is 13.2 Å². The Kier molecular flexibility index (Phi) is 5.50. The molecule has 1 aliphatic rings. The summed E-state index contributed by atoms with van der Waals surface area (Å²) >= 11 is 6.18. The zero-order valence-corrected chi connectivity index (χ0v) is 18.1. The van der Waals surface area contributed by atoms with Crippen molar-refractivity contribution in [2.45, 2.75) is 12.5 Å². The van der Waals surface area contributed by atoms with Gasteiger partial charge in [0.2, 0.25) is 5.91 Å². The molecule has 1 N–H and O–H groups in total. The summed E-state index contributed by atoms with van der Waals surface area (Å²) in [6.07, 6.45) is 3.32. The number of hydrogen-bond donors (Lipinski definition) is 1. The number of benzene rings is 2. The predicted octanol–water partition coefficient (Wildman–Crippen LogP) is 3.23. The third kappa shape index (κ3) is 3.79. The standard InChI is InChI=1S/C21H21ClN4O3S/c1-25(2)30(28,29)26-12-15-7-8-16(22)9-18(15)19(13-26)21(27)24-20-11-23-10-14-5-3-4-6-17(14)20/h3-11,19H,12-13H2,1-2H3,(H,24,27)/t19-/m1/s1. The van der Waals surface area contributed by atoms with E-state index in [4.69, 9.17) is 11.6 Å². The first-order valence-corrected chi connectivity index (χ1v) is 11.1. The van der Waals surface area contributed by atoms with Crippen LogP contribution in [0.2, 0.25) is 5.02 Å². The second-order valence-corrected chi connectivity index (χ2v) is 9.95. The number of nitrogens with one attached hydrogen (secondary N) is 1. The molecule has 4 rings (SSSR count). The molecule has 1 amide bonds. The summed E-state index contributed by atoms with van der Waals surface area (Å²) in [5, 5.41) is 5.20. The predicted molar refractivity (Wildman–Crippen MR) is 118 cm³/mol. The summed E-state index contributed by atoms with van der Waals surface area (Å²) in [7, 11) is -0.734. The highest BCUT2D eigenvalue weighted by Gasteiger charge is 2.37. The maximum absolute atomic E-state index is 13.3. The van der Waals surface area contributed by atoms with Crippen LogP contribution in [0.4, 0.5) is 5.69 Å². The SMILES string of the molecule is CN(C)S(=O)(=O)N1Cc2ccc(Cl)cc2[C@H](C(=O)Nc2cncc3ccccc23)C1. The minimum Gasteiger partial charge on any atom is -0.324 e. The molecule has 1 aromatic heterocycles. The Balaban J connectivity index is 1.72. The lowest BCUT2D eigenvalue weighted by Gasteiger charge is -2.34. The van der Waals surface area contributed by atoms with Gasteiger partial charge in [0.1, 0.15) is 0 Å². The number of aromatic nitrogens is 1. The number of nitrogens with zero attached hydrogens (tertiary/aromatic N) is 3. The largest absolute Gasteiger partial charge is 0.324 e. The van der Waals surface area contributed by atoms with Crippen molar-refractivity contribution in [1.29, 1.82) is 0 Å². The van der Waals surface area contributed by atoms with Crippen LogP contribution < -0.4 is 5.32 Å². The lowest BCUT2D eigenvalue weighted by molar-refractivity contribution is -0.118. The molecule has 0 unspecified atom stereocenters. The molecule has 30 heavy (non-hydrogen) atoms. The zero-order chi connectivity index (χ0) is 21.5. The van der Waals surface area contributed by atoms with E-state index in [-0.39, 0.29) is 19.0 Å². The third-order valence-electron chi connectivity index (χ3n) is 5.25. The van der Waals surface area contributed by atoms with Gasteiger partial charge in [0.25, 0.3) is 10.2 Å². The van der Waals surface area contributed by atoms with Crippen molar-refractivity contribution >= 4 is 44.2 Å². The first-order chi connectivity index (χ1) is 14.3. The number of hydrogen-bond acceptors (Lipinski definition) is 4. The first-order valence-electron chi connectivity index (χ1n) is 9.37. The molecule has 1 atom stereocenters. The van der Waals surface area contributed by atoms with E-state index in [1.165, 1.54) is 18.4 Å². The second kappa shape index (κ2) is 7.96. The number of carbonyl (C=O) groups is 1. The summed E-state index contributed by atoms with van der Waals surface area (Å²) in [6.45, 7) is 0.213. The number of amides is 1. The van der Waals surface area contributed by atoms with Crippen LogP contribution in [0.1, 0.15) is 17.0 Å². The fourth-order valence-electron chi connectivity index (χ4n) is 3.66. The maximum atomic E-state index is 13.3. The molecule has 0 aliphatic carbocycles. The van der Waals surface area contributed by atoms with Crippen molar-refractivity contribution in [3.8, 4) is 0 Å². The van der Waals surface area contributed by atoms with Gasteiger partial charge in [-0.25, -0.2) is 0 Å². The molecule has 1 aliphatic heterocycles. The highest BCUT2D eigenvalue weighted by atomic mass is 35.5. The molecule has 7 nitrogen and oxygen atoms in total. The molecule has 0 saturated heterocycles. The van der Waals surface area contributed by atoms with Crippen LogP contribution in [0, 0.1) is 0 Å². The Labute approximate surface area is 180 Å². The van der Waals surface area contributed by atoms with Crippen molar-refractivity contribution in [1.82, 2.24) is 13.6 Å². The highest BCUT2D eigenvalue weighted by molar-refractivity contribution is 7.86. The van der Waals surface area contributed by atoms with Crippen LogP contribution >= 0.6 is 11.6 Å². The normalized spacial score (nSPS) is 17.1. The highest BCUT2D eigenvalue weighted by Crippen LogP contribution is 2.34. The van der Waals surface area contributed by atoms with Crippen LogP contribution in [-0.4, -0.2) is 48.6 Å². The van der Waals surface area contributed by atoms with Gasteiger partial charge in [-0.15, -0.1) is 0 Å². The quantitative estimate of drug-likeness (QED) is 0.669. The van der Waals surface area contributed by atoms with Crippen molar-refractivity contribution in [2.24, 2.45) is 0 Å². The molecule has 0 saturated carbocycles. The lowest BCUT2D eigenvalue weighted by Crippen LogP contribution is -2.46.